The minimum atomic E-state index is -4.46. The van der Waals surface area contributed by atoms with Gasteiger partial charge in [0.1, 0.15) is 5.76 Å². The van der Waals surface area contributed by atoms with Crippen molar-refractivity contribution in [1.29, 1.82) is 0 Å². The number of allylic oxidation sites excluding steroid dienone is 1. The molecule has 4 rings (SSSR count). The fraction of sp³-hybridized carbons (Fsp3) is 0.333. The van der Waals surface area contributed by atoms with Crippen LogP contribution in [0.15, 0.2) is 52.7 Å². The third kappa shape index (κ3) is 2.50. The molecule has 1 saturated heterocycles. The van der Waals surface area contributed by atoms with Crippen molar-refractivity contribution in [3.05, 3.63) is 58.9 Å². The van der Waals surface area contributed by atoms with Gasteiger partial charge < -0.3 is 9.84 Å². The van der Waals surface area contributed by atoms with Gasteiger partial charge in [-0.05, 0) is 11.6 Å². The van der Waals surface area contributed by atoms with Crippen molar-refractivity contribution in [2.24, 2.45) is 16.8 Å². The molecule has 0 radical (unpaired) electrons. The number of aliphatic hydroxyl groups excluding tert-OH is 1. The van der Waals surface area contributed by atoms with Crippen molar-refractivity contribution in [3.63, 3.8) is 0 Å². The molecule has 1 fully saturated rings. The van der Waals surface area contributed by atoms with Crippen LogP contribution in [-0.2, 0) is 22.3 Å². The second kappa shape index (κ2) is 5.56. The summed E-state index contributed by atoms with van der Waals surface area (Å²) in [4.78, 5) is 16.4. The number of hydrogen-bond donors (Lipinski definition) is 1. The number of hydrogen-bond acceptors (Lipinski definition) is 4. The first-order valence-electron chi connectivity index (χ1n) is 7.84. The lowest BCUT2D eigenvalue weighted by Crippen LogP contribution is -2.26. The average molecular weight is 349 g/mol. The van der Waals surface area contributed by atoms with Crippen LogP contribution in [0, 0.1) is 11.8 Å². The molecule has 2 bridgehead atoms. The van der Waals surface area contributed by atoms with Crippen molar-refractivity contribution in [1.82, 2.24) is 0 Å². The maximum Gasteiger partial charge on any atom is 0.416 e. The molecular weight excluding hydrogens is 335 g/mol. The van der Waals surface area contributed by atoms with Gasteiger partial charge in [0.25, 0.3) is 0 Å². The summed E-state index contributed by atoms with van der Waals surface area (Å²) in [5, 5.41) is 10.3. The van der Waals surface area contributed by atoms with Crippen LogP contribution in [0.5, 0.6) is 0 Å². The molecule has 25 heavy (non-hydrogen) atoms. The molecule has 1 N–H and O–H groups in total. The Morgan fingerprint density at radius 3 is 2.52 bits per heavy atom. The van der Waals surface area contributed by atoms with Crippen LogP contribution in [-0.4, -0.2) is 29.3 Å². The molecule has 2 aliphatic heterocycles. The molecule has 130 valence electrons. The number of carbonyl (C=O) groups excluding carboxylic acids is 1. The summed E-state index contributed by atoms with van der Waals surface area (Å²) in [7, 11) is 0. The van der Waals surface area contributed by atoms with E-state index < -0.39 is 23.6 Å². The lowest BCUT2D eigenvalue weighted by Gasteiger charge is -2.15. The monoisotopic (exact) mass is 349 g/mol. The number of nitrogens with zero attached hydrogens (tertiary/aromatic N) is 1. The van der Waals surface area contributed by atoms with E-state index in [-0.39, 0.29) is 41.4 Å². The van der Waals surface area contributed by atoms with Crippen LogP contribution in [0.2, 0.25) is 0 Å². The van der Waals surface area contributed by atoms with Gasteiger partial charge in [0.15, 0.2) is 5.78 Å². The molecule has 0 amide bonds. The lowest BCUT2D eigenvalue weighted by molar-refractivity contribution is -0.138. The highest BCUT2D eigenvalue weighted by Gasteiger charge is 2.56. The predicted molar refractivity (Wildman–Crippen MR) is 83.1 cm³/mol. The van der Waals surface area contributed by atoms with Gasteiger partial charge in [-0.15, -0.1) is 0 Å². The minimum Gasteiger partial charge on any atom is -0.511 e. The first kappa shape index (κ1) is 16.1. The summed E-state index contributed by atoms with van der Waals surface area (Å²) in [6.45, 7) is -0.226. The number of rotatable bonds is 3. The molecule has 7 heteroatoms. The first-order valence-corrected chi connectivity index (χ1v) is 7.84. The number of aliphatic imine (C=N–C) groups is 1. The molecular formula is C18H14F3NO3. The van der Waals surface area contributed by atoms with E-state index in [0.717, 1.165) is 6.07 Å². The van der Waals surface area contributed by atoms with E-state index in [2.05, 4.69) is 4.99 Å². The standard InChI is InChI=1S/C18H14F3NO3/c19-18(20,21)11-4-2-1-3-9(11)7-22-8-10-16(23)14-12-5-6-13(25-12)15(14)17(10)24/h1-6,8,12-15,23H,7H2. The predicted octanol–water partition coefficient (Wildman–Crippen LogP) is 3.24. The second-order valence-corrected chi connectivity index (χ2v) is 6.29. The van der Waals surface area contributed by atoms with Gasteiger partial charge >= 0.3 is 6.18 Å². The minimum absolute atomic E-state index is 0.0158. The Hall–Kier alpha value is -2.41. The Bertz CT molecular complexity index is 825. The van der Waals surface area contributed by atoms with Crippen molar-refractivity contribution in [2.45, 2.75) is 24.9 Å². The van der Waals surface area contributed by atoms with E-state index in [0.29, 0.717) is 0 Å². The smallest absolute Gasteiger partial charge is 0.416 e. The number of ketones is 1. The number of ether oxygens (including phenoxy) is 1. The van der Waals surface area contributed by atoms with Gasteiger partial charge in [-0.25, -0.2) is 0 Å². The van der Waals surface area contributed by atoms with Gasteiger partial charge in [0.2, 0.25) is 0 Å². The zero-order valence-electron chi connectivity index (χ0n) is 12.9. The quantitative estimate of drug-likeness (QED) is 0.673. The number of alkyl halides is 3. The highest BCUT2D eigenvalue weighted by atomic mass is 19.4. The van der Waals surface area contributed by atoms with Gasteiger partial charge in [0.05, 0.1) is 41.7 Å². The zero-order chi connectivity index (χ0) is 17.8. The average Bonchev–Trinajstić information content (AvgIpc) is 3.23. The molecule has 0 saturated carbocycles. The zero-order valence-corrected chi connectivity index (χ0v) is 12.9. The van der Waals surface area contributed by atoms with Gasteiger partial charge in [-0.2, -0.15) is 13.2 Å². The number of benzene rings is 1. The Morgan fingerprint density at radius 1 is 1.16 bits per heavy atom. The van der Waals surface area contributed by atoms with Gasteiger partial charge in [-0.3, -0.25) is 9.79 Å². The normalized spacial score (nSPS) is 30.8. The topological polar surface area (TPSA) is 58.9 Å². The lowest BCUT2D eigenvalue weighted by atomic mass is 9.84. The third-order valence-corrected chi connectivity index (χ3v) is 4.86. The molecule has 3 aliphatic rings. The number of carbonyl (C=O) groups is 1. The van der Waals surface area contributed by atoms with Crippen LogP contribution in [0.25, 0.3) is 0 Å². The van der Waals surface area contributed by atoms with Crippen molar-refractivity contribution in [3.8, 4) is 0 Å². The maximum atomic E-state index is 13.0. The fourth-order valence-corrected chi connectivity index (χ4v) is 3.73. The molecule has 4 unspecified atom stereocenters. The van der Waals surface area contributed by atoms with Gasteiger partial charge in [-0.1, -0.05) is 30.4 Å². The van der Waals surface area contributed by atoms with E-state index in [1.807, 2.05) is 6.08 Å². The highest BCUT2D eigenvalue weighted by molar-refractivity contribution is 6.17. The van der Waals surface area contributed by atoms with Gasteiger partial charge in [0, 0.05) is 6.21 Å². The maximum absolute atomic E-state index is 13.0. The number of fused-ring (bicyclic) bond motifs is 5. The van der Waals surface area contributed by atoms with Crippen LogP contribution >= 0.6 is 0 Å². The van der Waals surface area contributed by atoms with Crippen molar-refractivity contribution < 1.29 is 27.8 Å². The summed E-state index contributed by atoms with van der Waals surface area (Å²) in [5.74, 6) is -1.22. The molecule has 4 nitrogen and oxygen atoms in total. The molecule has 1 aromatic rings. The highest BCUT2D eigenvalue weighted by Crippen LogP contribution is 2.48. The number of halogens is 3. The Labute approximate surface area is 141 Å². The van der Waals surface area contributed by atoms with Crippen LogP contribution in [0.4, 0.5) is 13.2 Å². The van der Waals surface area contributed by atoms with E-state index in [4.69, 9.17) is 4.74 Å². The Kier molecular flexibility index (Phi) is 3.57. The summed E-state index contributed by atoms with van der Waals surface area (Å²) in [5.41, 5.74) is -0.667. The van der Waals surface area contributed by atoms with Crippen molar-refractivity contribution >= 4 is 12.0 Å². The molecule has 4 atom stereocenters. The molecule has 1 aromatic carbocycles. The number of Topliss-reactive ketones (excluding diaryl/α,β-unsaturated/α-hetero) is 1. The summed E-state index contributed by atoms with van der Waals surface area (Å²) in [6.07, 6.45) is -0.332. The summed E-state index contributed by atoms with van der Waals surface area (Å²) in [6, 6.07) is 5.16. The van der Waals surface area contributed by atoms with Crippen LogP contribution in [0.3, 0.4) is 0 Å². The Balaban J connectivity index is 1.55. The van der Waals surface area contributed by atoms with E-state index in [1.54, 1.807) is 6.08 Å². The SMILES string of the molecule is O=C1C(C=NCc2ccccc2C(F)(F)F)=C(O)C2C3C=CC(O3)C12. The van der Waals surface area contributed by atoms with Crippen LogP contribution in [0.1, 0.15) is 11.1 Å². The fourth-order valence-electron chi connectivity index (χ4n) is 3.73. The molecule has 2 heterocycles. The largest absolute Gasteiger partial charge is 0.511 e. The number of aliphatic hydroxyl groups is 1. The molecule has 0 aromatic heterocycles. The summed E-state index contributed by atoms with van der Waals surface area (Å²) < 4.78 is 44.5. The van der Waals surface area contributed by atoms with E-state index >= 15 is 0 Å². The van der Waals surface area contributed by atoms with Crippen molar-refractivity contribution in [2.75, 3.05) is 0 Å². The second-order valence-electron chi connectivity index (χ2n) is 6.29. The Morgan fingerprint density at radius 2 is 1.84 bits per heavy atom. The van der Waals surface area contributed by atoms with E-state index in [9.17, 15) is 23.1 Å². The summed E-state index contributed by atoms with van der Waals surface area (Å²) >= 11 is 0. The molecule has 1 aliphatic carbocycles. The van der Waals surface area contributed by atoms with Crippen LogP contribution < -0.4 is 0 Å². The molecule has 0 spiro atoms. The first-order chi connectivity index (χ1) is 11.9. The van der Waals surface area contributed by atoms with E-state index in [1.165, 1.54) is 24.4 Å². The third-order valence-electron chi connectivity index (χ3n) is 4.86.